The molecule has 3 amide bonds. The van der Waals surface area contributed by atoms with Crippen LogP contribution in [0.1, 0.15) is 48.8 Å². The van der Waals surface area contributed by atoms with E-state index >= 15 is 0 Å². The first kappa shape index (κ1) is 22.1. The van der Waals surface area contributed by atoms with Crippen molar-refractivity contribution in [3.63, 3.8) is 0 Å². The molecule has 1 aromatic heterocycles. The summed E-state index contributed by atoms with van der Waals surface area (Å²) in [6.07, 6.45) is 5.75. The van der Waals surface area contributed by atoms with Gasteiger partial charge in [-0.3, -0.25) is 24.3 Å². The minimum atomic E-state index is -1.24. The Morgan fingerprint density at radius 2 is 2.00 bits per heavy atom. The number of pyridine rings is 1. The van der Waals surface area contributed by atoms with Gasteiger partial charge >= 0.3 is 0 Å². The number of nitrogens with zero attached hydrogens (tertiary/aromatic N) is 3. The van der Waals surface area contributed by atoms with Gasteiger partial charge in [0, 0.05) is 31.8 Å². The molecule has 2 aliphatic heterocycles. The maximum Gasteiger partial charge on any atom is 0.241 e. The Labute approximate surface area is 188 Å². The summed E-state index contributed by atoms with van der Waals surface area (Å²) in [5.74, 6) is -0.810. The van der Waals surface area contributed by atoms with Crippen molar-refractivity contribution in [3.05, 3.63) is 65.5 Å². The molecule has 1 aromatic carbocycles. The molecule has 0 saturated carbocycles. The van der Waals surface area contributed by atoms with Crippen LogP contribution in [0.3, 0.4) is 0 Å². The van der Waals surface area contributed by atoms with E-state index in [2.05, 4.69) is 4.98 Å². The van der Waals surface area contributed by atoms with Crippen LogP contribution in [0.25, 0.3) is 0 Å². The third-order valence-corrected chi connectivity index (χ3v) is 6.74. The van der Waals surface area contributed by atoms with Crippen LogP contribution in [0.4, 0.5) is 0 Å². The smallest absolute Gasteiger partial charge is 0.241 e. The third kappa shape index (κ3) is 4.05. The minimum Gasteiger partial charge on any atom is -0.394 e. The highest BCUT2D eigenvalue weighted by molar-refractivity contribution is 6.10. The molecule has 32 heavy (non-hydrogen) atoms. The zero-order valence-corrected chi connectivity index (χ0v) is 18.4. The molecule has 2 fully saturated rings. The highest BCUT2D eigenvalue weighted by atomic mass is 16.3. The molecule has 0 radical (unpaired) electrons. The summed E-state index contributed by atoms with van der Waals surface area (Å²) < 4.78 is 0. The highest BCUT2D eigenvalue weighted by Crippen LogP contribution is 2.42. The lowest BCUT2D eigenvalue weighted by Gasteiger charge is -2.37. The number of hydrogen-bond acceptors (Lipinski definition) is 5. The molecule has 0 bridgehead atoms. The van der Waals surface area contributed by atoms with Gasteiger partial charge in [0.15, 0.2) is 0 Å². The molecule has 2 aromatic rings. The second kappa shape index (κ2) is 9.20. The number of aryl methyl sites for hydroxylation is 1. The number of imide groups is 1. The van der Waals surface area contributed by atoms with Crippen molar-refractivity contribution in [2.24, 2.45) is 0 Å². The lowest BCUT2D eigenvalue weighted by atomic mass is 9.73. The van der Waals surface area contributed by atoms with E-state index in [9.17, 15) is 19.5 Å². The summed E-state index contributed by atoms with van der Waals surface area (Å²) in [6.45, 7) is 2.51. The Bertz CT molecular complexity index is 1010. The number of rotatable bonds is 6. The fourth-order valence-corrected chi connectivity index (χ4v) is 5.07. The van der Waals surface area contributed by atoms with E-state index < -0.39 is 5.41 Å². The molecule has 2 aliphatic rings. The van der Waals surface area contributed by atoms with Gasteiger partial charge in [0.1, 0.15) is 0 Å². The minimum absolute atomic E-state index is 0.0413. The molecule has 0 spiro atoms. The molecular weight excluding hydrogens is 406 g/mol. The van der Waals surface area contributed by atoms with Crippen LogP contribution < -0.4 is 0 Å². The maximum absolute atomic E-state index is 13.8. The van der Waals surface area contributed by atoms with Gasteiger partial charge in [0.25, 0.3) is 0 Å². The van der Waals surface area contributed by atoms with Crippen LogP contribution in [0.2, 0.25) is 0 Å². The predicted molar refractivity (Wildman–Crippen MR) is 118 cm³/mol. The van der Waals surface area contributed by atoms with Crippen molar-refractivity contribution in [3.8, 4) is 0 Å². The lowest BCUT2D eigenvalue weighted by molar-refractivity contribution is -0.144. The summed E-state index contributed by atoms with van der Waals surface area (Å²) in [5, 5.41) is 9.77. The number of aliphatic hydroxyl groups is 1. The zero-order chi connectivity index (χ0) is 22.7. The average Bonchev–Trinajstić information content (AvgIpc) is 3.04. The maximum atomic E-state index is 13.8. The normalized spacial score (nSPS) is 23.6. The molecule has 4 rings (SSSR count). The average molecular weight is 436 g/mol. The second-order valence-corrected chi connectivity index (χ2v) is 8.82. The Morgan fingerprint density at radius 3 is 2.72 bits per heavy atom. The van der Waals surface area contributed by atoms with E-state index in [1.165, 1.54) is 4.90 Å². The van der Waals surface area contributed by atoms with Crippen LogP contribution in [0.5, 0.6) is 0 Å². The van der Waals surface area contributed by atoms with Crippen molar-refractivity contribution < 1.29 is 19.5 Å². The fourth-order valence-electron chi connectivity index (χ4n) is 5.07. The number of amides is 3. The summed E-state index contributed by atoms with van der Waals surface area (Å²) >= 11 is 0. The number of carbonyl (C=O) groups excluding carboxylic acids is 3. The van der Waals surface area contributed by atoms with E-state index in [4.69, 9.17) is 0 Å². The van der Waals surface area contributed by atoms with Gasteiger partial charge in [-0.2, -0.15) is 0 Å². The van der Waals surface area contributed by atoms with E-state index in [1.807, 2.05) is 37.3 Å². The molecule has 0 aliphatic carbocycles. The second-order valence-electron chi connectivity index (χ2n) is 8.82. The molecule has 2 atom stereocenters. The SMILES string of the molecule is Cc1ccccc1[C@@]1(CC(=O)N2CCCC[C@@H]2CO)CC(=O)N(Cc2cccnc2)C1=O. The summed E-state index contributed by atoms with van der Waals surface area (Å²) in [6, 6.07) is 10.8. The number of carbonyl (C=O) groups is 3. The molecule has 3 heterocycles. The largest absolute Gasteiger partial charge is 0.394 e. The van der Waals surface area contributed by atoms with Crippen LogP contribution in [-0.4, -0.2) is 56.8 Å². The summed E-state index contributed by atoms with van der Waals surface area (Å²) in [5.41, 5.74) is 1.12. The molecule has 0 unspecified atom stereocenters. The third-order valence-electron chi connectivity index (χ3n) is 6.74. The number of aliphatic hydroxyl groups excluding tert-OH is 1. The standard InChI is InChI=1S/C25H29N3O4/c1-18-7-2-3-10-21(18)25(13-22(30)27-12-5-4-9-20(27)17-29)14-23(31)28(24(25)32)16-19-8-6-11-26-15-19/h2-3,6-8,10-11,15,20,29H,4-5,9,12-14,16-17H2,1H3/t20-,25-/m1/s1. The van der Waals surface area contributed by atoms with Crippen LogP contribution in [-0.2, 0) is 26.3 Å². The van der Waals surface area contributed by atoms with Gasteiger partial charge < -0.3 is 10.0 Å². The molecule has 7 nitrogen and oxygen atoms in total. The van der Waals surface area contributed by atoms with Gasteiger partial charge in [-0.25, -0.2) is 0 Å². The quantitative estimate of drug-likeness (QED) is 0.704. The van der Waals surface area contributed by atoms with Crippen LogP contribution in [0, 0.1) is 6.92 Å². The number of benzene rings is 1. The molecule has 7 heteroatoms. The monoisotopic (exact) mass is 435 g/mol. The Balaban J connectivity index is 1.69. The number of likely N-dealkylation sites (tertiary alicyclic amines) is 2. The first-order chi connectivity index (χ1) is 15.5. The van der Waals surface area contributed by atoms with Gasteiger partial charge in [0.2, 0.25) is 17.7 Å². The molecule has 2 saturated heterocycles. The first-order valence-corrected chi connectivity index (χ1v) is 11.2. The lowest BCUT2D eigenvalue weighted by Crippen LogP contribution is -2.49. The van der Waals surface area contributed by atoms with Gasteiger partial charge in [-0.1, -0.05) is 30.3 Å². The van der Waals surface area contributed by atoms with E-state index in [1.54, 1.807) is 23.4 Å². The molecule has 1 N–H and O–H groups in total. The van der Waals surface area contributed by atoms with E-state index in [-0.39, 0.29) is 49.8 Å². The topological polar surface area (TPSA) is 90.8 Å². The van der Waals surface area contributed by atoms with Crippen molar-refractivity contribution in [1.29, 1.82) is 0 Å². The summed E-state index contributed by atoms with van der Waals surface area (Å²) in [7, 11) is 0. The number of piperidine rings is 1. The molecular formula is C25H29N3O4. The Hall–Kier alpha value is -3.06. The van der Waals surface area contributed by atoms with Crippen LogP contribution >= 0.6 is 0 Å². The van der Waals surface area contributed by atoms with Crippen molar-refractivity contribution in [1.82, 2.24) is 14.8 Å². The Kier molecular flexibility index (Phi) is 6.37. The Morgan fingerprint density at radius 1 is 1.19 bits per heavy atom. The number of aromatic nitrogens is 1. The zero-order valence-electron chi connectivity index (χ0n) is 18.4. The first-order valence-electron chi connectivity index (χ1n) is 11.2. The van der Waals surface area contributed by atoms with Gasteiger partial charge in [-0.05, 0) is 48.9 Å². The van der Waals surface area contributed by atoms with Crippen LogP contribution in [0.15, 0.2) is 48.8 Å². The predicted octanol–water partition coefficient (Wildman–Crippen LogP) is 2.35. The van der Waals surface area contributed by atoms with Crippen molar-refractivity contribution in [2.75, 3.05) is 13.2 Å². The van der Waals surface area contributed by atoms with Crippen molar-refractivity contribution >= 4 is 17.7 Å². The van der Waals surface area contributed by atoms with Crippen molar-refractivity contribution in [2.45, 2.75) is 57.0 Å². The number of hydrogen-bond donors (Lipinski definition) is 1. The van der Waals surface area contributed by atoms with E-state index in [0.29, 0.717) is 6.54 Å². The summed E-state index contributed by atoms with van der Waals surface area (Å²) in [4.78, 5) is 47.4. The highest BCUT2D eigenvalue weighted by Gasteiger charge is 2.54. The van der Waals surface area contributed by atoms with E-state index in [0.717, 1.165) is 36.0 Å². The van der Waals surface area contributed by atoms with Gasteiger partial charge in [0.05, 0.1) is 24.6 Å². The fraction of sp³-hybridized carbons (Fsp3) is 0.440. The molecule has 168 valence electrons. The van der Waals surface area contributed by atoms with Gasteiger partial charge in [-0.15, -0.1) is 0 Å².